The Balaban J connectivity index is 1.62. The number of aromatic hydroxyl groups is 1. The molecule has 5 atom stereocenters. The van der Waals surface area contributed by atoms with Crippen molar-refractivity contribution < 1.29 is 24.5 Å². The molecule has 1 aromatic rings. The Morgan fingerprint density at radius 3 is 2.83 bits per heavy atom. The largest absolute Gasteiger partial charge is 0.508 e. The number of fused-ring (bicyclic) bond motifs is 5. The number of methoxy groups -OCH3 is 1. The average Bonchev–Trinajstić information content (AvgIpc) is 2.96. The van der Waals surface area contributed by atoms with Crippen LogP contribution in [0.15, 0.2) is 12.1 Å². The van der Waals surface area contributed by atoms with Crippen LogP contribution in [0.25, 0.3) is 0 Å². The highest BCUT2D eigenvalue weighted by atomic mass is 16.5. The first-order valence-electron chi connectivity index (χ1n) is 11.4. The summed E-state index contributed by atoms with van der Waals surface area (Å²) in [4.78, 5) is 24.0. The number of phenolic OH excluding ortho intramolecular Hbond substituents is 1. The number of carbonyl (C=O) groups excluding carboxylic acids is 1. The molecule has 2 N–H and O–H groups in total. The fraction of sp³-hybridized carbons (Fsp3) is 0.680. The summed E-state index contributed by atoms with van der Waals surface area (Å²) in [5.74, 6) is 1.57. The zero-order valence-electron chi connectivity index (χ0n) is 18.2. The Morgan fingerprint density at radius 1 is 1.30 bits per heavy atom. The second kappa shape index (κ2) is 8.33. The Bertz CT molecular complexity index is 831. The van der Waals surface area contributed by atoms with E-state index in [-0.39, 0.29) is 11.8 Å². The van der Waals surface area contributed by atoms with E-state index in [2.05, 4.69) is 13.0 Å². The quantitative estimate of drug-likeness (QED) is 0.687. The molecule has 0 aromatic heterocycles. The fourth-order valence-corrected chi connectivity index (χ4v) is 6.91. The van der Waals surface area contributed by atoms with Crippen molar-refractivity contribution in [3.63, 3.8) is 0 Å². The van der Waals surface area contributed by atoms with Crippen LogP contribution in [0.2, 0.25) is 0 Å². The summed E-state index contributed by atoms with van der Waals surface area (Å²) < 4.78 is 5.21. The normalized spacial score (nSPS) is 32.4. The molecule has 0 amide bonds. The Labute approximate surface area is 178 Å². The lowest BCUT2D eigenvalue weighted by Gasteiger charge is -2.50. The molecule has 30 heavy (non-hydrogen) atoms. The molecule has 0 spiro atoms. The lowest BCUT2D eigenvalue weighted by Crippen LogP contribution is -2.44. The van der Waals surface area contributed by atoms with Gasteiger partial charge in [0.2, 0.25) is 0 Å². The van der Waals surface area contributed by atoms with Gasteiger partial charge in [0.25, 0.3) is 0 Å². The van der Waals surface area contributed by atoms with Gasteiger partial charge in [-0.1, -0.05) is 13.0 Å². The van der Waals surface area contributed by atoms with E-state index in [0.29, 0.717) is 61.1 Å². The van der Waals surface area contributed by atoms with E-state index in [1.54, 1.807) is 7.11 Å². The van der Waals surface area contributed by atoms with Crippen LogP contribution in [0.1, 0.15) is 74.5 Å². The predicted molar refractivity (Wildman–Crippen MR) is 114 cm³/mol. The summed E-state index contributed by atoms with van der Waals surface area (Å²) in [5, 5.41) is 19.5. The molecule has 1 aromatic carbocycles. The number of carboxylic acids is 1. The van der Waals surface area contributed by atoms with E-state index in [1.807, 2.05) is 6.07 Å². The molecule has 5 nitrogen and oxygen atoms in total. The third kappa shape index (κ3) is 3.66. The number of Topliss-reactive ketones (excluding diaryl/α,β-unsaturated/α-hetero) is 1. The summed E-state index contributed by atoms with van der Waals surface area (Å²) in [6.07, 6.45) is 6.93. The Morgan fingerprint density at radius 2 is 2.10 bits per heavy atom. The van der Waals surface area contributed by atoms with Gasteiger partial charge in [-0.05, 0) is 91.4 Å². The number of rotatable bonds is 7. The number of hydrogen-bond acceptors (Lipinski definition) is 4. The number of benzene rings is 1. The van der Waals surface area contributed by atoms with Gasteiger partial charge in [-0.25, -0.2) is 0 Å². The molecule has 0 radical (unpaired) electrons. The highest BCUT2D eigenvalue weighted by molar-refractivity contribution is 5.87. The van der Waals surface area contributed by atoms with Gasteiger partial charge in [-0.15, -0.1) is 0 Å². The van der Waals surface area contributed by atoms with Crippen LogP contribution in [0.5, 0.6) is 5.75 Å². The van der Waals surface area contributed by atoms with Crippen molar-refractivity contribution in [3.05, 3.63) is 28.8 Å². The molecule has 4 rings (SSSR count). The Hall–Kier alpha value is -1.88. The zero-order chi connectivity index (χ0) is 21.5. The average molecular weight is 415 g/mol. The monoisotopic (exact) mass is 414 g/mol. The minimum atomic E-state index is -0.751. The van der Waals surface area contributed by atoms with Crippen LogP contribution in [0, 0.1) is 23.2 Å². The first-order chi connectivity index (χ1) is 14.3. The zero-order valence-corrected chi connectivity index (χ0v) is 18.2. The van der Waals surface area contributed by atoms with E-state index in [4.69, 9.17) is 9.84 Å². The van der Waals surface area contributed by atoms with Gasteiger partial charge in [0.15, 0.2) is 0 Å². The van der Waals surface area contributed by atoms with Crippen molar-refractivity contribution >= 4 is 11.8 Å². The topological polar surface area (TPSA) is 83.8 Å². The summed E-state index contributed by atoms with van der Waals surface area (Å²) in [7, 11) is 1.68. The number of aryl methyl sites for hydroxylation is 1. The van der Waals surface area contributed by atoms with Crippen molar-refractivity contribution in [1.29, 1.82) is 0 Å². The molecule has 3 aliphatic rings. The molecular formula is C25H34O5. The van der Waals surface area contributed by atoms with Crippen LogP contribution < -0.4 is 0 Å². The Kier molecular flexibility index (Phi) is 5.93. The van der Waals surface area contributed by atoms with Crippen LogP contribution in [-0.2, 0) is 27.2 Å². The van der Waals surface area contributed by atoms with Crippen molar-refractivity contribution in [3.8, 4) is 5.75 Å². The van der Waals surface area contributed by atoms with Gasteiger partial charge in [0, 0.05) is 25.4 Å². The van der Waals surface area contributed by atoms with Crippen molar-refractivity contribution in [2.24, 2.45) is 23.2 Å². The number of aliphatic carboxylic acids is 1. The van der Waals surface area contributed by atoms with Crippen molar-refractivity contribution in [2.45, 2.75) is 70.6 Å². The molecule has 2 saturated carbocycles. The summed E-state index contributed by atoms with van der Waals surface area (Å²) in [5.41, 5.74) is 3.32. The molecule has 0 heterocycles. The van der Waals surface area contributed by atoms with Gasteiger partial charge in [-0.2, -0.15) is 0 Å². The number of ketones is 1. The van der Waals surface area contributed by atoms with Crippen LogP contribution in [-0.4, -0.2) is 35.7 Å². The van der Waals surface area contributed by atoms with E-state index in [1.165, 1.54) is 11.1 Å². The maximum Gasteiger partial charge on any atom is 0.303 e. The van der Waals surface area contributed by atoms with Gasteiger partial charge < -0.3 is 14.9 Å². The summed E-state index contributed by atoms with van der Waals surface area (Å²) in [6, 6.07) is 4.15. The maximum atomic E-state index is 13.0. The molecule has 0 saturated heterocycles. The van der Waals surface area contributed by atoms with E-state index in [0.717, 1.165) is 37.7 Å². The van der Waals surface area contributed by atoms with Gasteiger partial charge in [-0.3, -0.25) is 9.59 Å². The molecule has 2 fully saturated rings. The number of carbonyl (C=O) groups is 2. The minimum Gasteiger partial charge on any atom is -0.508 e. The lowest BCUT2D eigenvalue weighted by molar-refractivity contribution is -0.137. The number of phenols is 1. The molecule has 3 aliphatic carbocycles. The first-order valence-corrected chi connectivity index (χ1v) is 11.4. The summed E-state index contributed by atoms with van der Waals surface area (Å²) in [6.45, 7) is 2.76. The molecular weight excluding hydrogens is 380 g/mol. The minimum absolute atomic E-state index is 0.188. The molecule has 1 unspecified atom stereocenters. The van der Waals surface area contributed by atoms with Crippen LogP contribution in [0.3, 0.4) is 0 Å². The molecule has 0 bridgehead atoms. The van der Waals surface area contributed by atoms with Gasteiger partial charge in [0.05, 0.1) is 6.61 Å². The molecule has 164 valence electrons. The van der Waals surface area contributed by atoms with E-state index in [9.17, 15) is 14.7 Å². The summed E-state index contributed by atoms with van der Waals surface area (Å²) >= 11 is 0. The van der Waals surface area contributed by atoms with Crippen molar-refractivity contribution in [2.75, 3.05) is 13.7 Å². The predicted octanol–water partition coefficient (Wildman–Crippen LogP) is 4.49. The highest BCUT2D eigenvalue weighted by Gasteiger charge is 2.58. The first kappa shape index (κ1) is 21.4. The van der Waals surface area contributed by atoms with Gasteiger partial charge in [0.1, 0.15) is 11.5 Å². The van der Waals surface area contributed by atoms with Crippen LogP contribution in [0.4, 0.5) is 0 Å². The second-order valence-corrected chi connectivity index (χ2v) is 9.89. The third-order valence-corrected chi connectivity index (χ3v) is 8.31. The van der Waals surface area contributed by atoms with Crippen LogP contribution >= 0.6 is 0 Å². The number of carboxylic acid groups (broad SMARTS) is 1. The highest BCUT2D eigenvalue weighted by Crippen LogP contribution is 2.62. The molecule has 0 aliphatic heterocycles. The number of hydrogen-bond donors (Lipinski definition) is 2. The molecule has 5 heteroatoms. The smallest absolute Gasteiger partial charge is 0.303 e. The maximum absolute atomic E-state index is 13.0. The second-order valence-electron chi connectivity index (χ2n) is 9.89. The van der Waals surface area contributed by atoms with E-state index >= 15 is 0 Å². The van der Waals surface area contributed by atoms with Gasteiger partial charge >= 0.3 is 5.97 Å². The van der Waals surface area contributed by atoms with E-state index < -0.39 is 5.97 Å². The third-order valence-electron chi connectivity index (χ3n) is 8.31. The standard InChI is InChI=1S/C25H34O5/c1-25-10-8-18-19(24(25)17(14-22(25)27)4-3-5-23(28)29)7-6-15-13-21(26)16(9-11-30-2)12-20(15)18/h12-13,17-19,24,26H,3-11,14H2,1-2H3,(H,28,29)/t17?,18-,19+,24-,25+/m0/s1. The SMILES string of the molecule is COCCc1cc2c(cc1O)CC[C@@H]1[C@@H]2CC[C@]2(C)C(=O)CC(CCCC(=O)O)[C@@H]12. The number of ether oxygens (including phenoxy) is 1. The lowest BCUT2D eigenvalue weighted by atomic mass is 9.54. The fourth-order valence-electron chi connectivity index (χ4n) is 6.91. The van der Waals surface area contributed by atoms with Crippen molar-refractivity contribution in [1.82, 2.24) is 0 Å².